The minimum absolute atomic E-state index is 0.116. The van der Waals surface area contributed by atoms with Gasteiger partial charge in [-0.1, -0.05) is 11.8 Å². The fourth-order valence-electron chi connectivity index (χ4n) is 2.77. The van der Waals surface area contributed by atoms with E-state index in [1.54, 1.807) is 44.4 Å². The molecule has 0 spiro atoms. The summed E-state index contributed by atoms with van der Waals surface area (Å²) in [4.78, 5) is 20.3. The van der Waals surface area contributed by atoms with Crippen LogP contribution in [0.3, 0.4) is 0 Å². The van der Waals surface area contributed by atoms with E-state index < -0.39 is 5.60 Å². The smallest absolute Gasteiger partial charge is 0.287 e. The van der Waals surface area contributed by atoms with E-state index in [4.69, 9.17) is 9.47 Å². The summed E-state index contributed by atoms with van der Waals surface area (Å²) in [7, 11) is 5.49. The van der Waals surface area contributed by atoms with Crippen LogP contribution in [0.2, 0.25) is 0 Å². The molecule has 164 valence electrons. The number of aromatic nitrogens is 2. The molecular formula is C23H27N3O4S. The van der Waals surface area contributed by atoms with Crippen molar-refractivity contribution in [3.8, 4) is 17.2 Å². The molecule has 0 aliphatic rings. The van der Waals surface area contributed by atoms with Gasteiger partial charge in [0.1, 0.15) is 6.61 Å². The van der Waals surface area contributed by atoms with Crippen LogP contribution in [0.5, 0.6) is 11.5 Å². The topological polar surface area (TPSA) is 76.8 Å². The van der Waals surface area contributed by atoms with Crippen molar-refractivity contribution in [2.45, 2.75) is 29.4 Å². The first kappa shape index (κ1) is 22.7. The van der Waals surface area contributed by atoms with Crippen LogP contribution in [-0.2, 0) is 0 Å². The summed E-state index contributed by atoms with van der Waals surface area (Å²) in [5.74, 6) is 0.963. The number of hydrogen-bond donors (Lipinski definition) is 1. The average molecular weight is 442 g/mol. The predicted molar refractivity (Wildman–Crippen MR) is 123 cm³/mol. The lowest BCUT2D eigenvalue weighted by Gasteiger charge is -2.19. The molecule has 3 aromatic rings. The maximum atomic E-state index is 13.1. The minimum Gasteiger partial charge on any atom is -0.493 e. The molecule has 0 fully saturated rings. The molecule has 31 heavy (non-hydrogen) atoms. The van der Waals surface area contributed by atoms with Crippen molar-refractivity contribution < 1.29 is 14.6 Å². The molecule has 1 aromatic heterocycles. The highest BCUT2D eigenvalue weighted by molar-refractivity contribution is 7.99. The molecular weight excluding hydrogens is 414 g/mol. The van der Waals surface area contributed by atoms with Crippen molar-refractivity contribution in [3.05, 3.63) is 65.2 Å². The van der Waals surface area contributed by atoms with Gasteiger partial charge in [-0.3, -0.25) is 9.36 Å². The number of hydrogen-bond acceptors (Lipinski definition) is 7. The first-order chi connectivity index (χ1) is 14.7. The number of methoxy groups -OCH3 is 1. The molecule has 0 unspecified atom stereocenters. The molecule has 1 N–H and O–H groups in total. The lowest BCUT2D eigenvalue weighted by Crippen LogP contribution is -2.28. The van der Waals surface area contributed by atoms with E-state index in [2.05, 4.69) is 4.98 Å². The van der Waals surface area contributed by atoms with E-state index >= 15 is 0 Å². The maximum Gasteiger partial charge on any atom is 0.287 e. The highest BCUT2D eigenvalue weighted by atomic mass is 32.2. The van der Waals surface area contributed by atoms with Crippen molar-refractivity contribution in [2.75, 3.05) is 32.7 Å². The minimum atomic E-state index is -0.970. The molecule has 0 saturated carbocycles. The molecule has 0 atom stereocenters. The van der Waals surface area contributed by atoms with E-state index in [1.165, 1.54) is 23.4 Å². The van der Waals surface area contributed by atoms with Gasteiger partial charge in [-0.2, -0.15) is 0 Å². The van der Waals surface area contributed by atoms with Gasteiger partial charge < -0.3 is 19.5 Å². The summed E-state index contributed by atoms with van der Waals surface area (Å²) in [6.45, 7) is 3.44. The van der Waals surface area contributed by atoms with Gasteiger partial charge >= 0.3 is 0 Å². The van der Waals surface area contributed by atoms with Gasteiger partial charge in [-0.25, -0.2) is 4.98 Å². The molecule has 8 heteroatoms. The average Bonchev–Trinajstić information content (AvgIpc) is 2.73. The molecule has 2 aromatic carbocycles. The Hall–Kier alpha value is -2.97. The van der Waals surface area contributed by atoms with Crippen LogP contribution in [0.15, 0.2) is 69.6 Å². The molecule has 7 nitrogen and oxygen atoms in total. The SMILES string of the molecule is COc1cc(-n2ccnc(Sc3ccc(N(C)C)cc3)c2=O)ccc1OCC(C)(C)O. The molecule has 0 saturated heterocycles. The predicted octanol–water partition coefficient (Wildman–Crippen LogP) is 3.61. The summed E-state index contributed by atoms with van der Waals surface area (Å²) in [5, 5.41) is 10.3. The van der Waals surface area contributed by atoms with Gasteiger partial charge in [0.05, 0.1) is 18.4 Å². The fourth-order valence-corrected chi connectivity index (χ4v) is 3.57. The number of rotatable bonds is 8. The lowest BCUT2D eigenvalue weighted by molar-refractivity contribution is 0.0276. The van der Waals surface area contributed by atoms with Crippen LogP contribution >= 0.6 is 11.8 Å². The highest BCUT2D eigenvalue weighted by Gasteiger charge is 2.16. The van der Waals surface area contributed by atoms with Gasteiger partial charge in [-0.15, -0.1) is 0 Å². The number of benzene rings is 2. The Kier molecular flexibility index (Phi) is 6.92. The number of ether oxygens (including phenoxy) is 2. The van der Waals surface area contributed by atoms with Crippen molar-refractivity contribution in [2.24, 2.45) is 0 Å². The van der Waals surface area contributed by atoms with E-state index in [0.717, 1.165) is 10.6 Å². The Morgan fingerprint density at radius 1 is 1.13 bits per heavy atom. The van der Waals surface area contributed by atoms with Crippen molar-refractivity contribution in [3.63, 3.8) is 0 Å². The van der Waals surface area contributed by atoms with E-state index in [0.29, 0.717) is 22.2 Å². The first-order valence-corrected chi connectivity index (χ1v) is 10.6. The summed E-state index contributed by atoms with van der Waals surface area (Å²) < 4.78 is 12.6. The second-order valence-corrected chi connectivity index (χ2v) is 8.90. The third-order valence-electron chi connectivity index (χ3n) is 4.38. The summed E-state index contributed by atoms with van der Waals surface area (Å²) in [6.07, 6.45) is 3.22. The third kappa shape index (κ3) is 5.80. The summed E-state index contributed by atoms with van der Waals surface area (Å²) in [5.41, 5.74) is 0.519. The van der Waals surface area contributed by atoms with Crippen LogP contribution < -0.4 is 19.9 Å². The lowest BCUT2D eigenvalue weighted by atomic mass is 10.2. The van der Waals surface area contributed by atoms with Gasteiger partial charge in [-0.05, 0) is 50.2 Å². The van der Waals surface area contributed by atoms with Gasteiger partial charge in [0.15, 0.2) is 16.5 Å². The van der Waals surface area contributed by atoms with Gasteiger partial charge in [0, 0.05) is 43.1 Å². The van der Waals surface area contributed by atoms with E-state index in [-0.39, 0.29) is 12.2 Å². The van der Waals surface area contributed by atoms with Crippen LogP contribution in [0, 0.1) is 0 Å². The van der Waals surface area contributed by atoms with E-state index in [9.17, 15) is 9.90 Å². The molecule has 1 heterocycles. The Balaban J connectivity index is 1.87. The fraction of sp³-hybridized carbons (Fsp3) is 0.304. The van der Waals surface area contributed by atoms with E-state index in [1.807, 2.05) is 43.3 Å². The monoisotopic (exact) mass is 441 g/mol. The molecule has 3 rings (SSSR count). The molecule has 0 radical (unpaired) electrons. The second-order valence-electron chi connectivity index (χ2n) is 7.83. The Labute approximate surface area is 186 Å². The van der Waals surface area contributed by atoms with Crippen LogP contribution in [0.1, 0.15) is 13.8 Å². The quantitative estimate of drug-likeness (QED) is 0.572. The Bertz CT molecular complexity index is 1090. The van der Waals surface area contributed by atoms with Gasteiger partial charge in [0.2, 0.25) is 0 Å². The van der Waals surface area contributed by atoms with Crippen molar-refractivity contribution in [1.29, 1.82) is 0 Å². The maximum absolute atomic E-state index is 13.1. The zero-order chi connectivity index (χ0) is 22.6. The van der Waals surface area contributed by atoms with Gasteiger partial charge in [0.25, 0.3) is 5.56 Å². The Morgan fingerprint density at radius 3 is 2.45 bits per heavy atom. The van der Waals surface area contributed by atoms with Crippen LogP contribution in [-0.4, -0.2) is 48.1 Å². The summed E-state index contributed by atoms with van der Waals surface area (Å²) >= 11 is 1.32. The molecule has 0 amide bonds. The molecule has 0 aliphatic carbocycles. The van der Waals surface area contributed by atoms with Crippen LogP contribution in [0.25, 0.3) is 5.69 Å². The molecule has 0 aliphatic heterocycles. The Morgan fingerprint density at radius 2 is 1.84 bits per heavy atom. The summed E-state index contributed by atoms with van der Waals surface area (Å²) in [6, 6.07) is 13.2. The largest absolute Gasteiger partial charge is 0.493 e. The normalized spacial score (nSPS) is 11.3. The third-order valence-corrected chi connectivity index (χ3v) is 5.36. The number of aliphatic hydroxyl groups is 1. The molecule has 0 bridgehead atoms. The zero-order valence-corrected chi connectivity index (χ0v) is 19.1. The zero-order valence-electron chi connectivity index (χ0n) is 18.3. The highest BCUT2D eigenvalue weighted by Crippen LogP contribution is 2.30. The van der Waals surface area contributed by atoms with Crippen LogP contribution in [0.4, 0.5) is 5.69 Å². The van der Waals surface area contributed by atoms with Crippen molar-refractivity contribution >= 4 is 17.4 Å². The number of nitrogens with zero attached hydrogens (tertiary/aromatic N) is 3. The number of anilines is 1. The standard InChI is InChI=1S/C23H27N3O4S/c1-23(2,28)15-30-19-11-8-17(14-20(19)29-5)26-13-12-24-21(22(26)27)31-18-9-6-16(7-10-18)25(3)4/h6-14,28H,15H2,1-5H3. The second kappa shape index (κ2) is 9.45. The van der Waals surface area contributed by atoms with Crippen molar-refractivity contribution in [1.82, 2.24) is 9.55 Å². The first-order valence-electron chi connectivity index (χ1n) is 9.74.